The number of likely N-dealkylation sites (N-methyl/N-ethyl adjacent to an activating group) is 1. The Labute approximate surface area is 182 Å². The molecule has 178 valence electrons. The highest BCUT2D eigenvalue weighted by molar-refractivity contribution is 7.51. The molecule has 0 N–H and O–H groups in total. The van der Waals surface area contributed by atoms with E-state index in [4.69, 9.17) is 14.0 Å². The lowest BCUT2D eigenvalue weighted by Gasteiger charge is -2.28. The second-order valence-electron chi connectivity index (χ2n) is 8.68. The van der Waals surface area contributed by atoms with Crippen molar-refractivity contribution in [3.05, 3.63) is 0 Å². The number of carbonyl (C=O) groups excluding carboxylic acids is 2. The second kappa shape index (κ2) is 15.8. The molecule has 0 aliphatic rings. The van der Waals surface area contributed by atoms with Crippen molar-refractivity contribution in [1.82, 2.24) is 0 Å². The first kappa shape index (κ1) is 29.1. The Morgan fingerprint density at radius 3 is 2.07 bits per heavy atom. The number of carbonyl (C=O) groups is 2. The summed E-state index contributed by atoms with van der Waals surface area (Å²) in [6, 6.07) is 0. The lowest BCUT2D eigenvalue weighted by molar-refractivity contribution is -0.870. The molecule has 30 heavy (non-hydrogen) atoms. The van der Waals surface area contributed by atoms with Gasteiger partial charge in [0.25, 0.3) is 0 Å². The predicted octanol–water partition coefficient (Wildman–Crippen LogP) is 3.27. The molecule has 0 saturated carbocycles. The average Bonchev–Trinajstić information content (AvgIpc) is 2.63. The van der Waals surface area contributed by atoms with Crippen LogP contribution in [0.25, 0.3) is 0 Å². The summed E-state index contributed by atoms with van der Waals surface area (Å²) in [6.45, 7) is 4.60. The van der Waals surface area contributed by atoms with Crippen LogP contribution >= 0.6 is 7.60 Å². The molecule has 0 aliphatic heterocycles. The van der Waals surface area contributed by atoms with Crippen LogP contribution in [0.3, 0.4) is 0 Å². The molecule has 0 bridgehead atoms. The van der Waals surface area contributed by atoms with E-state index in [0.717, 1.165) is 32.1 Å². The van der Waals surface area contributed by atoms with E-state index in [9.17, 15) is 19.0 Å². The Bertz CT molecular complexity index is 534. The number of nitrogens with zero attached hydrogens (tertiary/aromatic N) is 1. The highest BCUT2D eigenvalue weighted by Gasteiger charge is 2.21. The Kier molecular flexibility index (Phi) is 15.3. The maximum atomic E-state index is 12.2. The summed E-state index contributed by atoms with van der Waals surface area (Å²) in [6.07, 6.45) is 4.84. The molecule has 8 nitrogen and oxygen atoms in total. The SMILES string of the molecule is CCCCCC(=O)OC[C@@H](CCP(=O)([O-])OCC[N+](C)(C)C)OC(=O)CCCCC. The Balaban J connectivity index is 4.63. The number of unbranched alkanes of at least 4 members (excludes halogenated alkanes) is 4. The predicted molar refractivity (Wildman–Crippen MR) is 115 cm³/mol. The van der Waals surface area contributed by atoms with Crippen molar-refractivity contribution >= 4 is 19.5 Å². The van der Waals surface area contributed by atoms with Gasteiger partial charge in [0.2, 0.25) is 0 Å². The Hall–Kier alpha value is -0.950. The van der Waals surface area contributed by atoms with Gasteiger partial charge in [-0.25, -0.2) is 0 Å². The fourth-order valence-corrected chi connectivity index (χ4v) is 3.63. The van der Waals surface area contributed by atoms with E-state index in [1.165, 1.54) is 0 Å². The lowest BCUT2D eigenvalue weighted by Crippen LogP contribution is -2.37. The van der Waals surface area contributed by atoms with Gasteiger partial charge < -0.3 is 27.9 Å². The number of esters is 2. The number of hydrogen-bond acceptors (Lipinski definition) is 7. The van der Waals surface area contributed by atoms with Crippen molar-refractivity contribution < 1.29 is 37.5 Å². The minimum atomic E-state index is -4.06. The van der Waals surface area contributed by atoms with Crippen LogP contribution in [0.5, 0.6) is 0 Å². The number of hydrogen-bond donors (Lipinski definition) is 0. The van der Waals surface area contributed by atoms with Crippen molar-refractivity contribution in [2.75, 3.05) is 47.1 Å². The van der Waals surface area contributed by atoms with Gasteiger partial charge in [0.1, 0.15) is 33.5 Å². The van der Waals surface area contributed by atoms with Crippen molar-refractivity contribution in [3.63, 3.8) is 0 Å². The summed E-state index contributed by atoms with van der Waals surface area (Å²) in [7, 11) is 1.78. The van der Waals surface area contributed by atoms with Crippen LogP contribution in [0.2, 0.25) is 0 Å². The van der Waals surface area contributed by atoms with Crippen LogP contribution in [0.4, 0.5) is 0 Å². The first-order chi connectivity index (χ1) is 14.0. The zero-order valence-corrected chi connectivity index (χ0v) is 20.4. The van der Waals surface area contributed by atoms with E-state index in [1.807, 2.05) is 35.0 Å². The monoisotopic (exact) mass is 451 g/mol. The van der Waals surface area contributed by atoms with Gasteiger partial charge in [0.05, 0.1) is 21.1 Å². The van der Waals surface area contributed by atoms with Gasteiger partial charge >= 0.3 is 11.9 Å². The van der Waals surface area contributed by atoms with Crippen LogP contribution in [0, 0.1) is 0 Å². The van der Waals surface area contributed by atoms with E-state index in [1.54, 1.807) is 0 Å². The molecule has 0 spiro atoms. The summed E-state index contributed by atoms with van der Waals surface area (Å²) in [5.74, 6) is -0.762. The molecule has 0 saturated heterocycles. The molecule has 0 aromatic rings. The minimum absolute atomic E-state index is 0.0346. The molecule has 0 amide bonds. The molecular formula is C21H42NO7P. The third-order valence-electron chi connectivity index (χ3n) is 4.47. The second-order valence-corrected chi connectivity index (χ2v) is 10.6. The maximum absolute atomic E-state index is 12.2. The van der Waals surface area contributed by atoms with Gasteiger partial charge in [0.15, 0.2) is 0 Å². The molecule has 0 aromatic heterocycles. The van der Waals surface area contributed by atoms with Crippen molar-refractivity contribution in [1.29, 1.82) is 0 Å². The van der Waals surface area contributed by atoms with E-state index in [2.05, 4.69) is 0 Å². The molecule has 0 heterocycles. The van der Waals surface area contributed by atoms with Crippen LogP contribution in [0.15, 0.2) is 0 Å². The van der Waals surface area contributed by atoms with Crippen LogP contribution in [0.1, 0.15) is 71.6 Å². The number of ether oxygens (including phenoxy) is 2. The molecule has 1 unspecified atom stereocenters. The molecule has 0 rings (SSSR count). The van der Waals surface area contributed by atoms with Gasteiger partial charge in [0, 0.05) is 19.0 Å². The van der Waals surface area contributed by atoms with Gasteiger partial charge in [-0.3, -0.25) is 9.59 Å². The summed E-state index contributed by atoms with van der Waals surface area (Å²) in [5, 5.41) is 0. The summed E-state index contributed by atoms with van der Waals surface area (Å²) in [4.78, 5) is 36.1. The van der Waals surface area contributed by atoms with Crippen LogP contribution < -0.4 is 4.89 Å². The van der Waals surface area contributed by atoms with E-state index in [0.29, 0.717) is 23.9 Å². The van der Waals surface area contributed by atoms with Gasteiger partial charge in [-0.2, -0.15) is 0 Å². The third kappa shape index (κ3) is 17.9. The van der Waals surface area contributed by atoms with Crippen LogP contribution in [-0.4, -0.2) is 69.6 Å². The lowest BCUT2D eigenvalue weighted by atomic mass is 10.2. The normalized spacial score (nSPS) is 14.7. The molecule has 0 aromatic carbocycles. The first-order valence-corrected chi connectivity index (χ1v) is 12.8. The fourth-order valence-electron chi connectivity index (χ4n) is 2.54. The summed E-state index contributed by atoms with van der Waals surface area (Å²) < 4.78 is 28.4. The standard InChI is InChI=1S/C21H42NO7P/c1-6-8-10-12-20(23)27-18-19(29-21(24)13-11-9-7-2)14-17-30(25,26)28-16-15-22(3,4)5/h19H,6-18H2,1-5H3/t19-/m1/s1. The molecule has 9 heteroatoms. The molecule has 2 atom stereocenters. The largest absolute Gasteiger partial charge is 0.778 e. The molecular weight excluding hydrogens is 409 g/mol. The van der Waals surface area contributed by atoms with E-state index in [-0.39, 0.29) is 38.2 Å². The summed E-state index contributed by atoms with van der Waals surface area (Å²) in [5.41, 5.74) is 0. The van der Waals surface area contributed by atoms with Crippen molar-refractivity contribution in [2.24, 2.45) is 0 Å². The highest BCUT2D eigenvalue weighted by atomic mass is 31.2. The highest BCUT2D eigenvalue weighted by Crippen LogP contribution is 2.38. The van der Waals surface area contributed by atoms with Gasteiger partial charge in [-0.1, -0.05) is 39.5 Å². The van der Waals surface area contributed by atoms with Gasteiger partial charge in [-0.05, 0) is 19.3 Å². The zero-order chi connectivity index (χ0) is 23.0. The average molecular weight is 452 g/mol. The Morgan fingerprint density at radius 2 is 1.53 bits per heavy atom. The number of quaternary nitrogens is 1. The first-order valence-electron chi connectivity index (χ1n) is 11.1. The zero-order valence-electron chi connectivity index (χ0n) is 19.5. The number of rotatable bonds is 18. The molecule has 0 fully saturated rings. The van der Waals surface area contributed by atoms with E-state index < -0.39 is 19.7 Å². The maximum Gasteiger partial charge on any atom is 0.306 e. The van der Waals surface area contributed by atoms with Gasteiger partial charge in [-0.15, -0.1) is 0 Å². The smallest absolute Gasteiger partial charge is 0.306 e. The van der Waals surface area contributed by atoms with Crippen molar-refractivity contribution in [3.8, 4) is 0 Å². The quantitative estimate of drug-likeness (QED) is 0.136. The van der Waals surface area contributed by atoms with E-state index >= 15 is 0 Å². The van der Waals surface area contributed by atoms with Crippen LogP contribution in [-0.2, 0) is 28.2 Å². The summed E-state index contributed by atoms with van der Waals surface area (Å²) >= 11 is 0. The fraction of sp³-hybridized carbons (Fsp3) is 0.905. The Morgan fingerprint density at radius 1 is 0.967 bits per heavy atom. The molecule has 0 radical (unpaired) electrons. The van der Waals surface area contributed by atoms with Crippen molar-refractivity contribution in [2.45, 2.75) is 77.7 Å². The third-order valence-corrected chi connectivity index (χ3v) is 5.85. The molecule has 0 aliphatic carbocycles. The minimum Gasteiger partial charge on any atom is -0.778 e. The topological polar surface area (TPSA) is 102 Å².